The lowest BCUT2D eigenvalue weighted by molar-refractivity contribution is -0.115. The Bertz CT molecular complexity index is 1330. The summed E-state index contributed by atoms with van der Waals surface area (Å²) in [7, 11) is 1.67. The number of hydrogen-bond acceptors (Lipinski definition) is 8. The fraction of sp³-hybridized carbons (Fsp3) is 0.292. The summed E-state index contributed by atoms with van der Waals surface area (Å²) < 4.78 is 6.55. The zero-order valence-corrected chi connectivity index (χ0v) is 21.0. The Balaban J connectivity index is 1.65. The van der Waals surface area contributed by atoms with E-state index in [1.807, 2.05) is 25.1 Å². The van der Waals surface area contributed by atoms with Crippen molar-refractivity contribution in [3.05, 3.63) is 53.3 Å². The largest absolute Gasteiger partial charge is 0.462 e. The van der Waals surface area contributed by atoms with Crippen molar-refractivity contribution in [1.29, 1.82) is 0 Å². The van der Waals surface area contributed by atoms with E-state index < -0.39 is 11.2 Å². The number of aryl methyl sites for hydroxylation is 2. The number of carbonyl (C=O) groups is 2. The number of nitrogens with one attached hydrogen (secondary N) is 1. The van der Waals surface area contributed by atoms with Crippen LogP contribution in [0.15, 0.2) is 47.9 Å². The number of thiophene rings is 1. The lowest BCUT2D eigenvalue weighted by Gasteiger charge is -2.16. The summed E-state index contributed by atoms with van der Waals surface area (Å²) in [6.45, 7) is 5.99. The maximum Gasteiger partial charge on any atom is 0.343 e. The van der Waals surface area contributed by atoms with Crippen LogP contribution in [0.25, 0.3) is 21.3 Å². The van der Waals surface area contributed by atoms with Crippen LogP contribution < -0.4 is 5.32 Å². The fourth-order valence-corrected chi connectivity index (χ4v) is 5.76. The Labute approximate surface area is 205 Å². The van der Waals surface area contributed by atoms with Gasteiger partial charge in [0.25, 0.3) is 0 Å². The normalized spacial score (nSPS) is 12.0. The second kappa shape index (κ2) is 10.4. The number of carbonyl (C=O) groups excluding carboxylic acids is 2. The standard InChI is InChI=1S/C24H25N5O3S2/c1-5-17(21(30)28-20-16(12-27-29(20)4)24(31)32-6-2)34-23-19-18(15-10-8-7-9-11-15)14(3)33-22(19)25-13-26-23/h7-13,17H,5-6H2,1-4H3,(H,28,30). The first-order chi connectivity index (χ1) is 16.4. The van der Waals surface area contributed by atoms with Crippen LogP contribution in [0.2, 0.25) is 0 Å². The van der Waals surface area contributed by atoms with Crippen molar-refractivity contribution in [3.63, 3.8) is 0 Å². The minimum absolute atomic E-state index is 0.224. The van der Waals surface area contributed by atoms with Crippen molar-refractivity contribution < 1.29 is 14.3 Å². The maximum atomic E-state index is 13.3. The van der Waals surface area contributed by atoms with E-state index >= 15 is 0 Å². The third kappa shape index (κ3) is 4.69. The molecular formula is C24H25N5O3S2. The summed E-state index contributed by atoms with van der Waals surface area (Å²) in [5.41, 5.74) is 2.41. The maximum absolute atomic E-state index is 13.3. The average molecular weight is 496 g/mol. The van der Waals surface area contributed by atoms with Crippen LogP contribution in [0.5, 0.6) is 0 Å². The molecule has 1 N–H and O–H groups in total. The Morgan fingerprint density at radius 2 is 1.97 bits per heavy atom. The lowest BCUT2D eigenvalue weighted by Crippen LogP contribution is -2.27. The number of hydrogen-bond donors (Lipinski definition) is 1. The first-order valence-corrected chi connectivity index (χ1v) is 12.6. The fourth-order valence-electron chi connectivity index (χ4n) is 3.66. The van der Waals surface area contributed by atoms with Crippen LogP contribution in [-0.2, 0) is 16.6 Å². The SMILES string of the molecule is CCOC(=O)c1cnn(C)c1NC(=O)C(CC)Sc1ncnc2sc(C)c(-c3ccccc3)c12. The van der Waals surface area contributed by atoms with E-state index in [0.717, 1.165) is 31.2 Å². The van der Waals surface area contributed by atoms with Gasteiger partial charge in [0.2, 0.25) is 5.91 Å². The van der Waals surface area contributed by atoms with Crippen molar-refractivity contribution in [2.24, 2.45) is 7.05 Å². The van der Waals surface area contributed by atoms with E-state index in [0.29, 0.717) is 12.2 Å². The number of aromatic nitrogens is 4. The molecule has 1 unspecified atom stereocenters. The predicted molar refractivity (Wildman–Crippen MR) is 135 cm³/mol. The molecule has 1 atom stereocenters. The summed E-state index contributed by atoms with van der Waals surface area (Å²) in [5, 5.41) is 8.25. The van der Waals surface area contributed by atoms with Crippen LogP contribution in [0.1, 0.15) is 35.5 Å². The number of anilines is 1. The van der Waals surface area contributed by atoms with Gasteiger partial charge in [-0.1, -0.05) is 49.0 Å². The molecular weight excluding hydrogens is 470 g/mol. The van der Waals surface area contributed by atoms with Gasteiger partial charge in [0.15, 0.2) is 0 Å². The van der Waals surface area contributed by atoms with E-state index in [-0.39, 0.29) is 18.1 Å². The molecule has 0 aliphatic carbocycles. The van der Waals surface area contributed by atoms with Crippen LogP contribution in [0.3, 0.4) is 0 Å². The number of fused-ring (bicyclic) bond motifs is 1. The third-order valence-electron chi connectivity index (χ3n) is 5.28. The van der Waals surface area contributed by atoms with Crippen molar-refractivity contribution in [2.45, 2.75) is 37.5 Å². The molecule has 176 valence electrons. The van der Waals surface area contributed by atoms with Crippen molar-refractivity contribution >= 4 is 51.0 Å². The Hall–Kier alpha value is -3.24. The first kappa shape index (κ1) is 23.9. The molecule has 0 saturated heterocycles. The highest BCUT2D eigenvalue weighted by Gasteiger charge is 2.26. The van der Waals surface area contributed by atoms with E-state index in [9.17, 15) is 9.59 Å². The highest BCUT2D eigenvalue weighted by Crippen LogP contribution is 2.42. The minimum atomic E-state index is -0.523. The molecule has 4 aromatic rings. The summed E-state index contributed by atoms with van der Waals surface area (Å²) in [4.78, 5) is 36.6. The molecule has 0 saturated carbocycles. The van der Waals surface area contributed by atoms with E-state index in [2.05, 4.69) is 39.4 Å². The van der Waals surface area contributed by atoms with Crippen LogP contribution in [0, 0.1) is 6.92 Å². The number of ether oxygens (including phenoxy) is 1. The highest BCUT2D eigenvalue weighted by atomic mass is 32.2. The molecule has 0 fully saturated rings. The van der Waals surface area contributed by atoms with Gasteiger partial charge in [-0.25, -0.2) is 14.8 Å². The molecule has 0 spiro atoms. The Kier molecular flexibility index (Phi) is 7.28. The quantitative estimate of drug-likeness (QED) is 0.207. The topological polar surface area (TPSA) is 99.0 Å². The average Bonchev–Trinajstić information content (AvgIpc) is 3.37. The van der Waals surface area contributed by atoms with Gasteiger partial charge in [-0.05, 0) is 25.8 Å². The number of nitrogens with zero attached hydrogens (tertiary/aromatic N) is 4. The van der Waals surface area contributed by atoms with Gasteiger partial charge in [-0.2, -0.15) is 5.10 Å². The second-order valence-electron chi connectivity index (χ2n) is 7.51. The number of benzene rings is 1. The monoisotopic (exact) mass is 495 g/mol. The van der Waals surface area contributed by atoms with E-state index in [1.54, 1.807) is 31.6 Å². The molecule has 0 aliphatic rings. The molecule has 34 heavy (non-hydrogen) atoms. The summed E-state index contributed by atoms with van der Waals surface area (Å²) in [5.74, 6) is -0.446. The highest BCUT2D eigenvalue weighted by molar-refractivity contribution is 8.00. The van der Waals surface area contributed by atoms with Crippen LogP contribution in [0.4, 0.5) is 5.82 Å². The molecule has 1 amide bonds. The van der Waals surface area contributed by atoms with Gasteiger partial charge in [-0.15, -0.1) is 11.3 Å². The van der Waals surface area contributed by atoms with Gasteiger partial charge < -0.3 is 10.1 Å². The van der Waals surface area contributed by atoms with Crippen LogP contribution in [-0.4, -0.2) is 43.5 Å². The molecule has 3 heterocycles. The molecule has 0 radical (unpaired) electrons. The number of rotatable bonds is 8. The minimum Gasteiger partial charge on any atom is -0.462 e. The summed E-state index contributed by atoms with van der Waals surface area (Å²) in [6, 6.07) is 10.1. The van der Waals surface area contributed by atoms with Gasteiger partial charge in [-0.3, -0.25) is 9.48 Å². The van der Waals surface area contributed by atoms with E-state index in [1.165, 1.54) is 22.6 Å². The number of thioether (sulfide) groups is 1. The molecule has 0 aliphatic heterocycles. The molecule has 8 nitrogen and oxygen atoms in total. The Morgan fingerprint density at radius 1 is 1.21 bits per heavy atom. The van der Waals surface area contributed by atoms with Gasteiger partial charge in [0.1, 0.15) is 27.6 Å². The molecule has 4 rings (SSSR count). The van der Waals surface area contributed by atoms with Crippen molar-refractivity contribution in [1.82, 2.24) is 19.7 Å². The molecule has 3 aromatic heterocycles. The van der Waals surface area contributed by atoms with Gasteiger partial charge in [0.05, 0.1) is 23.4 Å². The molecule has 10 heteroatoms. The smallest absolute Gasteiger partial charge is 0.343 e. The predicted octanol–water partition coefficient (Wildman–Crippen LogP) is 5.09. The third-order valence-corrected chi connectivity index (χ3v) is 7.66. The molecule has 0 bridgehead atoms. The summed E-state index contributed by atoms with van der Waals surface area (Å²) in [6.07, 6.45) is 3.51. The van der Waals surface area contributed by atoms with Gasteiger partial charge >= 0.3 is 5.97 Å². The second-order valence-corrected chi connectivity index (χ2v) is 9.91. The van der Waals surface area contributed by atoms with Crippen molar-refractivity contribution in [3.8, 4) is 11.1 Å². The number of amides is 1. The summed E-state index contributed by atoms with van der Waals surface area (Å²) >= 11 is 3.02. The zero-order chi connectivity index (χ0) is 24.2. The zero-order valence-electron chi connectivity index (χ0n) is 19.4. The Morgan fingerprint density at radius 3 is 2.68 bits per heavy atom. The van der Waals surface area contributed by atoms with Crippen molar-refractivity contribution in [2.75, 3.05) is 11.9 Å². The lowest BCUT2D eigenvalue weighted by atomic mass is 10.0. The first-order valence-electron chi connectivity index (χ1n) is 10.9. The molecule has 1 aromatic carbocycles. The van der Waals surface area contributed by atoms with Gasteiger partial charge in [0, 0.05) is 17.5 Å². The number of esters is 1. The van der Waals surface area contributed by atoms with Crippen LogP contribution >= 0.6 is 23.1 Å². The van der Waals surface area contributed by atoms with E-state index in [4.69, 9.17) is 4.74 Å².